The first-order valence-corrected chi connectivity index (χ1v) is 6.87. The summed E-state index contributed by atoms with van der Waals surface area (Å²) in [5.74, 6) is 0. The van der Waals surface area contributed by atoms with E-state index >= 15 is 0 Å². The molecule has 1 aliphatic carbocycles. The maximum Gasteiger partial charge on any atom is 0.113 e. The van der Waals surface area contributed by atoms with Crippen molar-refractivity contribution in [3.8, 4) is 0 Å². The minimum Gasteiger partial charge on any atom is -0.386 e. The molecule has 0 spiro atoms. The molecule has 0 aromatic rings. The van der Waals surface area contributed by atoms with Gasteiger partial charge in [0.25, 0.3) is 0 Å². The Bertz CT molecular complexity index is 277. The highest BCUT2D eigenvalue weighted by Gasteiger charge is 2.33. The lowest BCUT2D eigenvalue weighted by Crippen LogP contribution is -2.41. The molecule has 2 heteroatoms. The minimum atomic E-state index is -1.07. The molecule has 2 unspecified atom stereocenters. The quantitative estimate of drug-likeness (QED) is 0.668. The Morgan fingerprint density at radius 3 is 2.53 bits per heavy atom. The number of allylic oxidation sites excluding steroid dienone is 2. The smallest absolute Gasteiger partial charge is 0.113 e. The molecule has 0 saturated heterocycles. The topological polar surface area (TPSA) is 40.5 Å². The maximum absolute atomic E-state index is 10.2. The summed E-state index contributed by atoms with van der Waals surface area (Å²) < 4.78 is 0. The van der Waals surface area contributed by atoms with Crippen molar-refractivity contribution in [1.82, 2.24) is 0 Å². The van der Waals surface area contributed by atoms with Crippen LogP contribution in [-0.2, 0) is 0 Å². The van der Waals surface area contributed by atoms with Crippen molar-refractivity contribution in [2.24, 2.45) is 0 Å². The van der Waals surface area contributed by atoms with Crippen LogP contribution in [0.15, 0.2) is 23.8 Å². The first-order chi connectivity index (χ1) is 8.09. The highest BCUT2D eigenvalue weighted by Crippen LogP contribution is 2.29. The Kier molecular flexibility index (Phi) is 5.93. The van der Waals surface area contributed by atoms with Crippen LogP contribution in [0.4, 0.5) is 0 Å². The highest BCUT2D eigenvalue weighted by atomic mass is 16.3. The van der Waals surface area contributed by atoms with E-state index in [0.717, 1.165) is 18.4 Å². The second kappa shape index (κ2) is 6.97. The molecule has 1 aliphatic rings. The van der Waals surface area contributed by atoms with Crippen LogP contribution in [-0.4, -0.2) is 21.9 Å². The van der Waals surface area contributed by atoms with Crippen molar-refractivity contribution in [1.29, 1.82) is 0 Å². The molecule has 0 aliphatic heterocycles. The second-order valence-electron chi connectivity index (χ2n) is 5.19. The monoisotopic (exact) mass is 238 g/mol. The number of rotatable bonds is 7. The SMILES string of the molecule is CCCCCCCCC1=CC=CC(O)C1(C)O. The Morgan fingerprint density at radius 1 is 1.18 bits per heavy atom. The average Bonchev–Trinajstić information content (AvgIpc) is 2.29. The molecule has 0 aromatic carbocycles. The zero-order valence-corrected chi connectivity index (χ0v) is 11.2. The molecule has 2 atom stereocenters. The zero-order valence-electron chi connectivity index (χ0n) is 11.2. The van der Waals surface area contributed by atoms with Gasteiger partial charge in [0, 0.05) is 0 Å². The Morgan fingerprint density at radius 2 is 1.82 bits per heavy atom. The lowest BCUT2D eigenvalue weighted by Gasteiger charge is -2.32. The fourth-order valence-electron chi connectivity index (χ4n) is 2.26. The number of aliphatic hydroxyl groups excluding tert-OH is 1. The standard InChI is InChI=1S/C15H26O2/c1-3-4-5-6-7-8-10-13-11-9-12-14(16)15(13,2)17/h9,11-12,14,16-17H,3-8,10H2,1-2H3. The Balaban J connectivity index is 2.27. The van der Waals surface area contributed by atoms with Crippen LogP contribution in [0.25, 0.3) is 0 Å². The second-order valence-corrected chi connectivity index (χ2v) is 5.19. The number of unbranched alkanes of at least 4 members (excludes halogenated alkanes) is 5. The van der Waals surface area contributed by atoms with E-state index in [1.54, 1.807) is 13.0 Å². The first kappa shape index (κ1) is 14.5. The van der Waals surface area contributed by atoms with Crippen LogP contribution < -0.4 is 0 Å². The average molecular weight is 238 g/mol. The van der Waals surface area contributed by atoms with Gasteiger partial charge in [0.05, 0.1) is 0 Å². The molecule has 0 radical (unpaired) electrons. The van der Waals surface area contributed by atoms with Crippen molar-refractivity contribution in [3.63, 3.8) is 0 Å². The van der Waals surface area contributed by atoms with Gasteiger partial charge in [0.2, 0.25) is 0 Å². The minimum absolute atomic E-state index is 0.761. The maximum atomic E-state index is 10.2. The molecular weight excluding hydrogens is 212 g/mol. The van der Waals surface area contributed by atoms with Gasteiger partial charge in [-0.1, -0.05) is 57.3 Å². The summed E-state index contributed by atoms with van der Waals surface area (Å²) >= 11 is 0. The number of hydrogen-bond donors (Lipinski definition) is 2. The predicted molar refractivity (Wildman–Crippen MR) is 71.8 cm³/mol. The molecule has 0 saturated carbocycles. The molecule has 2 N–H and O–H groups in total. The number of hydrogen-bond acceptors (Lipinski definition) is 2. The lowest BCUT2D eigenvalue weighted by molar-refractivity contribution is -0.0126. The zero-order chi connectivity index (χ0) is 12.7. The van der Waals surface area contributed by atoms with Crippen molar-refractivity contribution in [2.45, 2.75) is 70.5 Å². The van der Waals surface area contributed by atoms with E-state index in [4.69, 9.17) is 0 Å². The number of aliphatic hydroxyl groups is 2. The largest absolute Gasteiger partial charge is 0.386 e. The van der Waals surface area contributed by atoms with E-state index in [9.17, 15) is 10.2 Å². The summed E-state index contributed by atoms with van der Waals surface area (Å²) in [6.45, 7) is 3.92. The molecule has 2 nitrogen and oxygen atoms in total. The molecule has 17 heavy (non-hydrogen) atoms. The van der Waals surface area contributed by atoms with E-state index in [0.29, 0.717) is 0 Å². The Labute approximate surface area is 105 Å². The van der Waals surface area contributed by atoms with Gasteiger partial charge in [0.1, 0.15) is 11.7 Å². The van der Waals surface area contributed by atoms with Gasteiger partial charge < -0.3 is 10.2 Å². The third kappa shape index (κ3) is 4.29. The van der Waals surface area contributed by atoms with Gasteiger partial charge in [-0.25, -0.2) is 0 Å². The normalized spacial score (nSPS) is 28.2. The summed E-state index contributed by atoms with van der Waals surface area (Å²) in [5.41, 5.74) is -0.110. The summed E-state index contributed by atoms with van der Waals surface area (Å²) in [4.78, 5) is 0. The molecule has 0 amide bonds. The van der Waals surface area contributed by atoms with Crippen LogP contribution in [0.2, 0.25) is 0 Å². The van der Waals surface area contributed by atoms with E-state index in [1.165, 1.54) is 32.1 Å². The highest BCUT2D eigenvalue weighted by molar-refractivity contribution is 5.30. The van der Waals surface area contributed by atoms with Gasteiger partial charge in [0.15, 0.2) is 0 Å². The van der Waals surface area contributed by atoms with Crippen molar-refractivity contribution in [3.05, 3.63) is 23.8 Å². The van der Waals surface area contributed by atoms with Crippen LogP contribution >= 0.6 is 0 Å². The van der Waals surface area contributed by atoms with Crippen LogP contribution in [0, 0.1) is 0 Å². The molecule has 0 fully saturated rings. The summed E-state index contributed by atoms with van der Waals surface area (Å²) in [7, 11) is 0. The molecule has 98 valence electrons. The van der Waals surface area contributed by atoms with Crippen LogP contribution in [0.1, 0.15) is 58.8 Å². The van der Waals surface area contributed by atoms with Gasteiger partial charge in [-0.3, -0.25) is 0 Å². The van der Waals surface area contributed by atoms with Crippen molar-refractivity contribution in [2.75, 3.05) is 0 Å². The fourth-order valence-corrected chi connectivity index (χ4v) is 2.26. The summed E-state index contributed by atoms with van der Waals surface area (Å²) in [5, 5.41) is 19.9. The van der Waals surface area contributed by atoms with E-state index in [1.807, 2.05) is 12.2 Å². The third-order valence-electron chi connectivity index (χ3n) is 3.62. The van der Waals surface area contributed by atoms with Gasteiger partial charge >= 0.3 is 0 Å². The summed E-state index contributed by atoms with van der Waals surface area (Å²) in [6, 6.07) is 0. The molecule has 0 bridgehead atoms. The molecule has 0 aromatic heterocycles. The third-order valence-corrected chi connectivity index (χ3v) is 3.62. The van der Waals surface area contributed by atoms with Gasteiger partial charge in [-0.05, 0) is 25.3 Å². The molecule has 1 rings (SSSR count). The van der Waals surface area contributed by atoms with Gasteiger partial charge in [-0.15, -0.1) is 0 Å². The molecule has 0 heterocycles. The Hall–Kier alpha value is -0.600. The van der Waals surface area contributed by atoms with E-state index in [2.05, 4.69) is 6.92 Å². The fraction of sp³-hybridized carbons (Fsp3) is 0.733. The van der Waals surface area contributed by atoms with E-state index < -0.39 is 11.7 Å². The van der Waals surface area contributed by atoms with E-state index in [-0.39, 0.29) is 0 Å². The predicted octanol–water partition coefficient (Wildman–Crippen LogP) is 3.35. The molecular formula is C15H26O2. The van der Waals surface area contributed by atoms with Gasteiger partial charge in [-0.2, -0.15) is 0 Å². The first-order valence-electron chi connectivity index (χ1n) is 6.87. The van der Waals surface area contributed by atoms with Crippen molar-refractivity contribution < 1.29 is 10.2 Å². The van der Waals surface area contributed by atoms with Crippen LogP contribution in [0.5, 0.6) is 0 Å². The van der Waals surface area contributed by atoms with Crippen LogP contribution in [0.3, 0.4) is 0 Å². The lowest BCUT2D eigenvalue weighted by atomic mass is 9.83. The van der Waals surface area contributed by atoms with Crippen molar-refractivity contribution >= 4 is 0 Å². The summed E-state index contributed by atoms with van der Waals surface area (Å²) in [6.07, 6.45) is 13.1.